The lowest BCUT2D eigenvalue weighted by Gasteiger charge is -2.38. The van der Waals surface area contributed by atoms with Gasteiger partial charge in [-0.3, -0.25) is 0 Å². The smallest absolute Gasteiger partial charge is 0.134 e. The predicted molar refractivity (Wildman–Crippen MR) is 89.5 cm³/mol. The van der Waals surface area contributed by atoms with E-state index in [2.05, 4.69) is 42.2 Å². The fourth-order valence-electron chi connectivity index (χ4n) is 3.46. The van der Waals surface area contributed by atoms with Gasteiger partial charge in [-0.05, 0) is 37.8 Å². The third-order valence-electron chi connectivity index (χ3n) is 4.52. The first-order valence-corrected chi connectivity index (χ1v) is 8.19. The van der Waals surface area contributed by atoms with Crippen LogP contribution >= 0.6 is 0 Å². The van der Waals surface area contributed by atoms with Gasteiger partial charge < -0.3 is 10.6 Å². The van der Waals surface area contributed by atoms with Crippen LogP contribution in [0.5, 0.6) is 0 Å². The molecule has 1 atom stereocenters. The molecule has 3 heteroatoms. The lowest BCUT2D eigenvalue weighted by molar-refractivity contribution is 0.431. The van der Waals surface area contributed by atoms with Crippen LogP contribution in [0.2, 0.25) is 0 Å². The Bertz CT molecular complexity index is 606. The molecule has 1 aliphatic heterocycles. The van der Waals surface area contributed by atoms with Gasteiger partial charge >= 0.3 is 0 Å². The molecular formula is C18H25N3. The minimum atomic E-state index is 0.558. The Balaban J connectivity index is 2.04. The Kier molecular flexibility index (Phi) is 4.39. The lowest BCUT2D eigenvalue weighted by Crippen LogP contribution is -2.40. The molecule has 1 saturated heterocycles. The number of benzene rings is 1. The fraction of sp³-hybridized carbons (Fsp3) is 0.500. The van der Waals surface area contributed by atoms with Gasteiger partial charge in [0.25, 0.3) is 0 Å². The van der Waals surface area contributed by atoms with Crippen LogP contribution in [-0.4, -0.2) is 17.6 Å². The van der Waals surface area contributed by atoms with Crippen molar-refractivity contribution in [3.63, 3.8) is 0 Å². The minimum Gasteiger partial charge on any atom is -0.353 e. The van der Waals surface area contributed by atoms with Crippen LogP contribution < -0.4 is 10.6 Å². The molecule has 2 heterocycles. The molecule has 0 radical (unpaired) electrons. The van der Waals surface area contributed by atoms with E-state index in [4.69, 9.17) is 10.7 Å². The maximum Gasteiger partial charge on any atom is 0.134 e. The number of nitrogens with zero attached hydrogens (tertiary/aromatic N) is 2. The number of rotatable bonds is 4. The Morgan fingerprint density at radius 3 is 2.95 bits per heavy atom. The second-order valence-electron chi connectivity index (χ2n) is 6.00. The summed E-state index contributed by atoms with van der Waals surface area (Å²) in [6.45, 7) is 3.94. The van der Waals surface area contributed by atoms with E-state index < -0.39 is 0 Å². The number of hydrogen-bond donors (Lipinski definition) is 1. The molecule has 0 aliphatic carbocycles. The first-order chi connectivity index (χ1) is 10.3. The van der Waals surface area contributed by atoms with Gasteiger partial charge in [-0.25, -0.2) is 4.98 Å². The van der Waals surface area contributed by atoms with Crippen molar-refractivity contribution in [1.82, 2.24) is 4.98 Å². The van der Waals surface area contributed by atoms with Crippen molar-refractivity contribution in [1.29, 1.82) is 0 Å². The molecule has 0 saturated carbocycles. The van der Waals surface area contributed by atoms with E-state index >= 15 is 0 Å². The van der Waals surface area contributed by atoms with Crippen LogP contribution in [0.25, 0.3) is 10.9 Å². The molecule has 1 aliphatic rings. The first-order valence-electron chi connectivity index (χ1n) is 8.19. The number of hydrogen-bond acceptors (Lipinski definition) is 3. The molecule has 1 aromatic heterocycles. The summed E-state index contributed by atoms with van der Waals surface area (Å²) in [6, 6.07) is 11.2. The third kappa shape index (κ3) is 2.88. The number of aromatic nitrogens is 1. The molecule has 0 bridgehead atoms. The summed E-state index contributed by atoms with van der Waals surface area (Å²) in [6.07, 6.45) is 6.36. The van der Waals surface area contributed by atoms with Crippen molar-refractivity contribution >= 4 is 16.7 Å². The normalized spacial score (nSPS) is 19.1. The van der Waals surface area contributed by atoms with Crippen LogP contribution in [0.3, 0.4) is 0 Å². The molecule has 1 fully saturated rings. The Labute approximate surface area is 127 Å². The lowest BCUT2D eigenvalue weighted by atomic mass is 9.97. The Morgan fingerprint density at radius 1 is 1.29 bits per heavy atom. The maximum atomic E-state index is 6.00. The molecule has 3 rings (SSSR count). The van der Waals surface area contributed by atoms with Crippen molar-refractivity contribution in [3.05, 3.63) is 35.9 Å². The number of pyridine rings is 1. The molecular weight excluding hydrogens is 258 g/mol. The van der Waals surface area contributed by atoms with Crippen LogP contribution in [0.15, 0.2) is 30.3 Å². The van der Waals surface area contributed by atoms with Crippen LogP contribution in [0, 0.1) is 0 Å². The van der Waals surface area contributed by atoms with E-state index in [-0.39, 0.29) is 0 Å². The van der Waals surface area contributed by atoms with Gasteiger partial charge in [-0.1, -0.05) is 31.5 Å². The summed E-state index contributed by atoms with van der Waals surface area (Å²) in [4.78, 5) is 7.46. The molecule has 21 heavy (non-hydrogen) atoms. The molecule has 112 valence electrons. The number of anilines is 1. The summed E-state index contributed by atoms with van der Waals surface area (Å²) < 4.78 is 0. The quantitative estimate of drug-likeness (QED) is 0.926. The highest BCUT2D eigenvalue weighted by Gasteiger charge is 2.24. The summed E-state index contributed by atoms with van der Waals surface area (Å²) >= 11 is 0. The van der Waals surface area contributed by atoms with Gasteiger partial charge in [-0.15, -0.1) is 0 Å². The van der Waals surface area contributed by atoms with Crippen LogP contribution in [0.4, 0.5) is 5.82 Å². The first kappa shape index (κ1) is 14.3. The minimum absolute atomic E-state index is 0.558. The molecule has 0 spiro atoms. The SMILES string of the molecule is CCCC1CCCCN1c1nc2ccccc2cc1CN. The average molecular weight is 283 g/mol. The van der Waals surface area contributed by atoms with E-state index in [1.807, 2.05) is 0 Å². The monoisotopic (exact) mass is 283 g/mol. The maximum absolute atomic E-state index is 6.00. The number of fused-ring (bicyclic) bond motifs is 1. The molecule has 1 aromatic carbocycles. The number of nitrogens with two attached hydrogens (primary N) is 1. The van der Waals surface area contributed by atoms with Crippen LogP contribution in [0.1, 0.15) is 44.6 Å². The summed E-state index contributed by atoms with van der Waals surface area (Å²) in [5.41, 5.74) is 8.25. The van der Waals surface area contributed by atoms with E-state index in [1.165, 1.54) is 43.1 Å². The zero-order valence-electron chi connectivity index (χ0n) is 12.9. The predicted octanol–water partition coefficient (Wildman–Crippen LogP) is 3.85. The molecule has 0 amide bonds. The second kappa shape index (κ2) is 6.44. The largest absolute Gasteiger partial charge is 0.353 e. The van der Waals surface area contributed by atoms with Crippen molar-refractivity contribution in [3.8, 4) is 0 Å². The topological polar surface area (TPSA) is 42.2 Å². The average Bonchev–Trinajstić information content (AvgIpc) is 2.54. The second-order valence-corrected chi connectivity index (χ2v) is 6.00. The van der Waals surface area contributed by atoms with E-state index in [1.54, 1.807) is 0 Å². The van der Waals surface area contributed by atoms with Gasteiger partial charge in [0.1, 0.15) is 5.82 Å². The van der Waals surface area contributed by atoms with E-state index in [0.717, 1.165) is 17.9 Å². The number of para-hydroxylation sites is 1. The highest BCUT2D eigenvalue weighted by molar-refractivity contribution is 5.81. The van der Waals surface area contributed by atoms with Crippen molar-refractivity contribution < 1.29 is 0 Å². The summed E-state index contributed by atoms with van der Waals surface area (Å²) in [7, 11) is 0. The zero-order chi connectivity index (χ0) is 14.7. The molecule has 2 aromatic rings. The van der Waals surface area contributed by atoms with E-state index in [0.29, 0.717) is 12.6 Å². The van der Waals surface area contributed by atoms with Crippen molar-refractivity contribution in [2.24, 2.45) is 5.73 Å². The van der Waals surface area contributed by atoms with Crippen molar-refractivity contribution in [2.45, 2.75) is 51.6 Å². The van der Waals surface area contributed by atoms with Crippen LogP contribution in [-0.2, 0) is 6.54 Å². The molecule has 1 unspecified atom stereocenters. The summed E-state index contributed by atoms with van der Waals surface area (Å²) in [5, 5.41) is 1.19. The van der Waals surface area contributed by atoms with Crippen molar-refractivity contribution in [2.75, 3.05) is 11.4 Å². The Morgan fingerprint density at radius 2 is 2.14 bits per heavy atom. The van der Waals surface area contributed by atoms with Gasteiger partial charge in [0.05, 0.1) is 5.52 Å². The summed E-state index contributed by atoms with van der Waals surface area (Å²) in [5.74, 6) is 1.12. The van der Waals surface area contributed by atoms with E-state index in [9.17, 15) is 0 Å². The van der Waals surface area contributed by atoms with Gasteiger partial charge in [-0.2, -0.15) is 0 Å². The Hall–Kier alpha value is -1.61. The molecule has 2 N–H and O–H groups in total. The highest BCUT2D eigenvalue weighted by atomic mass is 15.2. The van der Waals surface area contributed by atoms with Gasteiger partial charge in [0.2, 0.25) is 0 Å². The fourth-order valence-corrected chi connectivity index (χ4v) is 3.46. The highest BCUT2D eigenvalue weighted by Crippen LogP contribution is 2.30. The standard InChI is InChI=1S/C18H25N3/c1-2-7-16-9-5-6-11-21(16)18-15(13-19)12-14-8-3-4-10-17(14)20-18/h3-4,8,10,12,16H,2,5-7,9,11,13,19H2,1H3. The zero-order valence-corrected chi connectivity index (χ0v) is 12.9. The third-order valence-corrected chi connectivity index (χ3v) is 4.52. The number of piperidine rings is 1. The molecule has 3 nitrogen and oxygen atoms in total. The van der Waals surface area contributed by atoms with Gasteiger partial charge in [0.15, 0.2) is 0 Å². The van der Waals surface area contributed by atoms with Gasteiger partial charge in [0, 0.05) is 30.1 Å².